The van der Waals surface area contributed by atoms with Gasteiger partial charge < -0.3 is 4.90 Å². The summed E-state index contributed by atoms with van der Waals surface area (Å²) in [6, 6.07) is 4.62. The maximum Gasteiger partial charge on any atom is 0.246 e. The van der Waals surface area contributed by atoms with Crippen LogP contribution in [0.5, 0.6) is 0 Å². The van der Waals surface area contributed by atoms with Gasteiger partial charge in [0, 0.05) is 6.07 Å². The van der Waals surface area contributed by atoms with E-state index in [9.17, 15) is 17.2 Å². The quantitative estimate of drug-likeness (QED) is 0.846. The van der Waals surface area contributed by atoms with E-state index >= 15 is 0 Å². The highest BCUT2D eigenvalue weighted by atomic mass is 32.2. The topological polar surface area (TPSA) is 65.6 Å². The Hall–Kier alpha value is -1.56. The molecular weight excluding hydrogens is 312 g/mol. The fourth-order valence-corrected chi connectivity index (χ4v) is 4.04. The zero-order valence-corrected chi connectivity index (χ0v) is 13.0. The van der Waals surface area contributed by atoms with E-state index < -0.39 is 26.6 Å². The number of quaternary nitrogens is 1. The third kappa shape index (κ3) is 3.61. The van der Waals surface area contributed by atoms with Crippen LogP contribution in [0.2, 0.25) is 0 Å². The van der Waals surface area contributed by atoms with E-state index in [4.69, 9.17) is 5.26 Å². The molecule has 1 aromatic carbocycles. The van der Waals surface area contributed by atoms with Crippen molar-refractivity contribution in [1.82, 2.24) is 4.31 Å². The second-order valence-corrected chi connectivity index (χ2v) is 7.37. The van der Waals surface area contributed by atoms with Gasteiger partial charge in [0.1, 0.15) is 16.5 Å². The molecular formula is C14H18F2N3O2S+. The first-order valence-corrected chi connectivity index (χ1v) is 8.47. The average Bonchev–Trinajstić information content (AvgIpc) is 2.47. The van der Waals surface area contributed by atoms with Crippen LogP contribution in [0.4, 0.5) is 8.78 Å². The minimum Gasteiger partial charge on any atom is -0.332 e. The van der Waals surface area contributed by atoms with Crippen molar-refractivity contribution in [2.45, 2.75) is 11.8 Å². The van der Waals surface area contributed by atoms with Crippen molar-refractivity contribution in [3.8, 4) is 6.07 Å². The van der Waals surface area contributed by atoms with Gasteiger partial charge in [-0.1, -0.05) is 0 Å². The standard InChI is InChI=1S/C14H17F2N3O2S/c1-11(9-17)10-18-4-6-19(7-5-18)22(20,21)14-3-2-12(15)8-13(14)16/h2-3,8,11H,4-7,10H2,1H3/p+1/t11-/m1/s1. The van der Waals surface area contributed by atoms with E-state index in [1.165, 1.54) is 4.31 Å². The van der Waals surface area contributed by atoms with Crippen molar-refractivity contribution in [2.24, 2.45) is 5.92 Å². The Kier molecular flexibility index (Phi) is 5.11. The van der Waals surface area contributed by atoms with Gasteiger partial charge in [0.25, 0.3) is 0 Å². The molecule has 1 aliphatic heterocycles. The van der Waals surface area contributed by atoms with Crippen LogP contribution < -0.4 is 4.90 Å². The highest BCUT2D eigenvalue weighted by molar-refractivity contribution is 7.89. The molecule has 0 amide bonds. The van der Waals surface area contributed by atoms with Gasteiger partial charge in [-0.15, -0.1) is 0 Å². The highest BCUT2D eigenvalue weighted by Crippen LogP contribution is 2.20. The minimum atomic E-state index is -3.95. The molecule has 1 aromatic rings. The number of nitriles is 1. The molecule has 2 rings (SSSR count). The zero-order valence-electron chi connectivity index (χ0n) is 12.2. The van der Waals surface area contributed by atoms with Crippen molar-refractivity contribution < 1.29 is 22.1 Å². The van der Waals surface area contributed by atoms with E-state index in [0.717, 1.165) is 17.0 Å². The van der Waals surface area contributed by atoms with Crippen LogP contribution in [0.25, 0.3) is 0 Å². The molecule has 1 fully saturated rings. The van der Waals surface area contributed by atoms with Crippen LogP contribution in [-0.4, -0.2) is 45.4 Å². The first-order valence-electron chi connectivity index (χ1n) is 7.03. The summed E-state index contributed by atoms with van der Waals surface area (Å²) in [5.41, 5.74) is 0. The number of nitrogens with one attached hydrogen (secondary N) is 1. The van der Waals surface area contributed by atoms with Crippen LogP contribution >= 0.6 is 0 Å². The average molecular weight is 330 g/mol. The summed E-state index contributed by atoms with van der Waals surface area (Å²) in [6.45, 7) is 4.13. The van der Waals surface area contributed by atoms with E-state index in [0.29, 0.717) is 25.7 Å². The number of sulfonamides is 1. The van der Waals surface area contributed by atoms with E-state index in [-0.39, 0.29) is 19.0 Å². The Labute approximate surface area is 128 Å². The lowest BCUT2D eigenvalue weighted by Gasteiger charge is -2.32. The van der Waals surface area contributed by atoms with Gasteiger partial charge in [-0.05, 0) is 19.1 Å². The molecule has 1 saturated heterocycles. The lowest BCUT2D eigenvalue weighted by molar-refractivity contribution is -0.905. The monoisotopic (exact) mass is 330 g/mol. The number of hydrogen-bond acceptors (Lipinski definition) is 3. The normalized spacial score (nSPS) is 18.8. The van der Waals surface area contributed by atoms with Crippen LogP contribution in [-0.2, 0) is 10.0 Å². The first-order chi connectivity index (χ1) is 10.3. The fraction of sp³-hybridized carbons (Fsp3) is 0.500. The van der Waals surface area contributed by atoms with Crippen LogP contribution in [0.3, 0.4) is 0 Å². The van der Waals surface area contributed by atoms with Gasteiger partial charge in [-0.3, -0.25) is 0 Å². The summed E-state index contributed by atoms with van der Waals surface area (Å²) >= 11 is 0. The predicted molar refractivity (Wildman–Crippen MR) is 75.5 cm³/mol. The Morgan fingerprint density at radius 2 is 2.00 bits per heavy atom. The fourth-order valence-electron chi connectivity index (χ4n) is 2.55. The molecule has 0 bridgehead atoms. The Balaban J connectivity index is 2.08. The largest absolute Gasteiger partial charge is 0.332 e. The molecule has 1 atom stereocenters. The van der Waals surface area contributed by atoms with Crippen LogP contribution in [0.15, 0.2) is 23.1 Å². The van der Waals surface area contributed by atoms with Crippen LogP contribution in [0.1, 0.15) is 6.92 Å². The highest BCUT2D eigenvalue weighted by Gasteiger charge is 2.32. The molecule has 120 valence electrons. The molecule has 1 N–H and O–H groups in total. The van der Waals surface area contributed by atoms with Gasteiger partial charge in [0.15, 0.2) is 0 Å². The van der Waals surface area contributed by atoms with Gasteiger partial charge >= 0.3 is 0 Å². The molecule has 0 aromatic heterocycles. The number of nitrogens with zero attached hydrogens (tertiary/aromatic N) is 2. The summed E-state index contributed by atoms with van der Waals surface area (Å²) < 4.78 is 52.6. The lowest BCUT2D eigenvalue weighted by atomic mass is 10.2. The van der Waals surface area contributed by atoms with Crippen LogP contribution in [0, 0.1) is 28.9 Å². The number of hydrogen-bond donors (Lipinski definition) is 1. The van der Waals surface area contributed by atoms with Crippen molar-refractivity contribution in [3.63, 3.8) is 0 Å². The summed E-state index contributed by atoms with van der Waals surface area (Å²) in [6.07, 6.45) is 0. The summed E-state index contributed by atoms with van der Waals surface area (Å²) in [4.78, 5) is 0.655. The molecule has 22 heavy (non-hydrogen) atoms. The number of rotatable bonds is 4. The second-order valence-electron chi connectivity index (χ2n) is 5.46. The molecule has 0 saturated carbocycles. The molecule has 0 unspecified atom stereocenters. The van der Waals surface area contributed by atoms with Crippen molar-refractivity contribution in [3.05, 3.63) is 29.8 Å². The van der Waals surface area contributed by atoms with E-state index in [1.807, 2.05) is 6.92 Å². The number of benzene rings is 1. The second kappa shape index (κ2) is 6.69. The van der Waals surface area contributed by atoms with Gasteiger partial charge in [0.05, 0.1) is 44.7 Å². The molecule has 1 heterocycles. The maximum atomic E-state index is 13.7. The smallest absolute Gasteiger partial charge is 0.246 e. The molecule has 8 heteroatoms. The molecule has 0 spiro atoms. The SMILES string of the molecule is C[C@H](C#N)C[NH+]1CCN(S(=O)(=O)c2ccc(F)cc2F)CC1. The zero-order chi connectivity index (χ0) is 16.3. The lowest BCUT2D eigenvalue weighted by Crippen LogP contribution is -3.15. The van der Waals surface area contributed by atoms with Gasteiger partial charge in [-0.2, -0.15) is 9.57 Å². The predicted octanol–water partition coefficient (Wildman–Crippen LogP) is 0.0137. The van der Waals surface area contributed by atoms with Gasteiger partial charge in [0.2, 0.25) is 10.0 Å². The Bertz CT molecular complexity index is 680. The Morgan fingerprint density at radius 1 is 1.36 bits per heavy atom. The minimum absolute atomic E-state index is 0.0901. The van der Waals surface area contributed by atoms with Crippen molar-refractivity contribution in [1.29, 1.82) is 5.26 Å². The molecule has 0 aliphatic carbocycles. The first kappa shape index (κ1) is 16.8. The summed E-state index contributed by atoms with van der Waals surface area (Å²) in [7, 11) is -3.95. The summed E-state index contributed by atoms with van der Waals surface area (Å²) in [5.74, 6) is -1.98. The summed E-state index contributed by atoms with van der Waals surface area (Å²) in [5, 5.41) is 8.81. The molecule has 0 radical (unpaired) electrons. The maximum absolute atomic E-state index is 13.7. The molecule has 5 nitrogen and oxygen atoms in total. The Morgan fingerprint density at radius 3 is 2.55 bits per heavy atom. The third-order valence-electron chi connectivity index (χ3n) is 3.76. The third-order valence-corrected chi connectivity index (χ3v) is 5.69. The number of piperazine rings is 1. The van der Waals surface area contributed by atoms with Crippen molar-refractivity contribution in [2.75, 3.05) is 32.7 Å². The molecule has 1 aliphatic rings. The number of halogens is 2. The van der Waals surface area contributed by atoms with E-state index in [1.54, 1.807) is 0 Å². The van der Waals surface area contributed by atoms with E-state index in [2.05, 4.69) is 6.07 Å². The van der Waals surface area contributed by atoms with Crippen molar-refractivity contribution >= 4 is 10.0 Å². The van der Waals surface area contributed by atoms with Gasteiger partial charge in [-0.25, -0.2) is 17.2 Å².